The number of hydrogen-bond donors (Lipinski definition) is 1. The maximum Gasteiger partial charge on any atom is 0.243 e. The normalized spacial score (nSPS) is 20.4. The fourth-order valence-corrected chi connectivity index (χ4v) is 5.03. The van der Waals surface area contributed by atoms with Crippen molar-refractivity contribution in [2.75, 3.05) is 26.2 Å². The third-order valence-electron chi connectivity index (χ3n) is 4.46. The van der Waals surface area contributed by atoms with Gasteiger partial charge in [0, 0.05) is 37.1 Å². The molecule has 3 rings (SSSR count). The van der Waals surface area contributed by atoms with Crippen molar-refractivity contribution in [3.05, 3.63) is 47.0 Å². The van der Waals surface area contributed by atoms with E-state index in [-0.39, 0.29) is 10.9 Å². The van der Waals surface area contributed by atoms with Crippen molar-refractivity contribution in [3.8, 4) is 0 Å². The van der Waals surface area contributed by atoms with Gasteiger partial charge in [-0.3, -0.25) is 4.90 Å². The van der Waals surface area contributed by atoms with Crippen LogP contribution in [0.2, 0.25) is 5.02 Å². The van der Waals surface area contributed by atoms with E-state index in [2.05, 4.69) is 21.8 Å². The number of halogens is 1. The molecule has 6 nitrogen and oxygen atoms in total. The van der Waals surface area contributed by atoms with Crippen molar-refractivity contribution in [3.63, 3.8) is 0 Å². The van der Waals surface area contributed by atoms with E-state index in [1.54, 1.807) is 31.5 Å². The molecule has 1 aliphatic rings. The van der Waals surface area contributed by atoms with Crippen LogP contribution in [0.15, 0.2) is 35.5 Å². The zero-order valence-electron chi connectivity index (χ0n) is 13.7. The van der Waals surface area contributed by atoms with Crippen LogP contribution < -0.4 is 0 Å². The van der Waals surface area contributed by atoms with Crippen LogP contribution in [0.25, 0.3) is 0 Å². The lowest BCUT2D eigenvalue weighted by Crippen LogP contribution is -2.50. The molecule has 2 aromatic rings. The zero-order chi connectivity index (χ0) is 17.3. The van der Waals surface area contributed by atoms with Crippen molar-refractivity contribution in [2.45, 2.75) is 24.8 Å². The van der Waals surface area contributed by atoms with Crippen LogP contribution in [-0.4, -0.2) is 53.8 Å². The van der Waals surface area contributed by atoms with Gasteiger partial charge in [-0.25, -0.2) is 13.4 Å². The fourth-order valence-electron chi connectivity index (χ4n) is 3.10. The Balaban J connectivity index is 1.93. The Labute approximate surface area is 147 Å². The number of nitrogens with one attached hydrogen (secondary N) is 1. The van der Waals surface area contributed by atoms with Crippen LogP contribution in [0.1, 0.15) is 24.4 Å². The Kier molecular flexibility index (Phi) is 4.96. The summed E-state index contributed by atoms with van der Waals surface area (Å²) in [5.74, 6) is 0.791. The minimum absolute atomic E-state index is 0.0759. The lowest BCUT2D eigenvalue weighted by molar-refractivity contribution is 0.119. The van der Waals surface area contributed by atoms with Crippen LogP contribution in [0.5, 0.6) is 0 Å². The largest absolute Gasteiger partial charge is 0.347 e. The Morgan fingerprint density at radius 3 is 2.83 bits per heavy atom. The van der Waals surface area contributed by atoms with E-state index in [9.17, 15) is 8.42 Å². The SMILES string of the molecule is CCN1CCN(S(=O)(=O)c2cc(Cl)ccc2C)CC1c1ncc[nH]1. The van der Waals surface area contributed by atoms with Gasteiger partial charge >= 0.3 is 0 Å². The van der Waals surface area contributed by atoms with Crippen LogP contribution in [0, 0.1) is 6.92 Å². The smallest absolute Gasteiger partial charge is 0.243 e. The van der Waals surface area contributed by atoms with Gasteiger partial charge in [0.25, 0.3) is 0 Å². The number of benzene rings is 1. The first kappa shape index (κ1) is 17.4. The highest BCUT2D eigenvalue weighted by atomic mass is 35.5. The number of likely N-dealkylation sites (N-methyl/N-ethyl adjacent to an activating group) is 1. The molecule has 0 spiro atoms. The number of nitrogens with zero attached hydrogens (tertiary/aromatic N) is 3. The summed E-state index contributed by atoms with van der Waals surface area (Å²) in [4.78, 5) is 9.94. The van der Waals surface area contributed by atoms with Gasteiger partial charge in [0.05, 0.1) is 10.9 Å². The van der Waals surface area contributed by atoms with Crippen molar-refractivity contribution in [1.29, 1.82) is 0 Å². The van der Waals surface area contributed by atoms with Gasteiger partial charge in [0.2, 0.25) is 10.0 Å². The summed E-state index contributed by atoms with van der Waals surface area (Å²) in [6.45, 7) is 6.20. The lowest BCUT2D eigenvalue weighted by Gasteiger charge is -2.39. The Bertz CT molecular complexity index is 807. The van der Waals surface area contributed by atoms with Crippen molar-refractivity contribution >= 4 is 21.6 Å². The van der Waals surface area contributed by atoms with Gasteiger partial charge < -0.3 is 4.98 Å². The summed E-state index contributed by atoms with van der Waals surface area (Å²) in [7, 11) is -3.59. The van der Waals surface area contributed by atoms with Gasteiger partial charge in [0.1, 0.15) is 5.82 Å². The average molecular weight is 369 g/mol. The molecule has 1 aliphatic heterocycles. The van der Waals surface area contributed by atoms with E-state index in [1.807, 2.05) is 0 Å². The Morgan fingerprint density at radius 1 is 1.38 bits per heavy atom. The minimum Gasteiger partial charge on any atom is -0.347 e. The number of aryl methyl sites for hydroxylation is 1. The molecule has 130 valence electrons. The van der Waals surface area contributed by atoms with Crippen molar-refractivity contribution in [1.82, 2.24) is 19.2 Å². The minimum atomic E-state index is -3.59. The van der Waals surface area contributed by atoms with E-state index in [4.69, 9.17) is 11.6 Å². The predicted octanol–water partition coefficient (Wildman–Crippen LogP) is 2.44. The number of rotatable bonds is 4. The molecule has 1 unspecified atom stereocenters. The zero-order valence-corrected chi connectivity index (χ0v) is 15.3. The summed E-state index contributed by atoms with van der Waals surface area (Å²) >= 11 is 6.01. The van der Waals surface area contributed by atoms with E-state index in [0.717, 1.165) is 12.4 Å². The van der Waals surface area contributed by atoms with Gasteiger partial charge in [-0.05, 0) is 31.2 Å². The number of piperazine rings is 1. The predicted molar refractivity (Wildman–Crippen MR) is 93.5 cm³/mol. The molecule has 0 bridgehead atoms. The average Bonchev–Trinajstić information content (AvgIpc) is 3.10. The molecule has 8 heteroatoms. The second-order valence-corrected chi connectivity index (χ2v) is 8.23. The van der Waals surface area contributed by atoms with E-state index in [1.165, 1.54) is 10.4 Å². The number of sulfonamides is 1. The lowest BCUT2D eigenvalue weighted by atomic mass is 10.2. The molecule has 1 N–H and O–H groups in total. The van der Waals surface area contributed by atoms with Gasteiger partial charge in [-0.1, -0.05) is 24.6 Å². The van der Waals surface area contributed by atoms with Crippen LogP contribution in [0.4, 0.5) is 0 Å². The molecule has 24 heavy (non-hydrogen) atoms. The second kappa shape index (κ2) is 6.84. The van der Waals surface area contributed by atoms with Crippen LogP contribution in [0.3, 0.4) is 0 Å². The molecule has 0 aliphatic carbocycles. The quantitative estimate of drug-likeness (QED) is 0.899. The van der Waals surface area contributed by atoms with Gasteiger partial charge in [-0.15, -0.1) is 0 Å². The first-order valence-electron chi connectivity index (χ1n) is 7.93. The first-order chi connectivity index (χ1) is 11.4. The molecule has 1 aromatic carbocycles. The molecule has 0 saturated carbocycles. The van der Waals surface area contributed by atoms with E-state index >= 15 is 0 Å². The summed E-state index contributed by atoms with van der Waals surface area (Å²) < 4.78 is 27.7. The maximum atomic E-state index is 13.1. The van der Waals surface area contributed by atoms with Crippen molar-refractivity contribution < 1.29 is 8.42 Å². The summed E-state index contributed by atoms with van der Waals surface area (Å²) in [6.07, 6.45) is 3.45. The summed E-state index contributed by atoms with van der Waals surface area (Å²) in [6, 6.07) is 4.89. The summed E-state index contributed by atoms with van der Waals surface area (Å²) in [5.41, 5.74) is 0.701. The first-order valence-corrected chi connectivity index (χ1v) is 9.75. The molecular formula is C16H21ClN4O2S. The third-order valence-corrected chi connectivity index (χ3v) is 6.71. The highest BCUT2D eigenvalue weighted by Crippen LogP contribution is 2.29. The number of H-pyrrole nitrogens is 1. The molecule has 2 heterocycles. The molecular weight excluding hydrogens is 348 g/mol. The highest BCUT2D eigenvalue weighted by Gasteiger charge is 2.36. The third kappa shape index (κ3) is 3.21. The van der Waals surface area contributed by atoms with Gasteiger partial charge in [0.15, 0.2) is 0 Å². The summed E-state index contributed by atoms with van der Waals surface area (Å²) in [5, 5.41) is 0.425. The van der Waals surface area contributed by atoms with Crippen molar-refractivity contribution in [2.24, 2.45) is 0 Å². The topological polar surface area (TPSA) is 69.3 Å². The molecule has 1 aromatic heterocycles. The standard InChI is InChI=1S/C16H21ClN4O2S/c1-3-20-8-9-21(11-14(20)16-18-6-7-19-16)24(22,23)15-10-13(17)5-4-12(15)2/h4-7,10,14H,3,8-9,11H2,1-2H3,(H,18,19). The van der Waals surface area contributed by atoms with E-state index < -0.39 is 10.0 Å². The number of aromatic nitrogens is 2. The second-order valence-electron chi connectivity index (χ2n) is 5.89. The van der Waals surface area contributed by atoms with Gasteiger partial charge in [-0.2, -0.15) is 4.31 Å². The van der Waals surface area contributed by atoms with Crippen LogP contribution >= 0.6 is 11.6 Å². The van der Waals surface area contributed by atoms with E-state index in [0.29, 0.717) is 30.2 Å². The Morgan fingerprint density at radius 2 is 2.17 bits per heavy atom. The number of aromatic amines is 1. The maximum absolute atomic E-state index is 13.1. The molecule has 1 fully saturated rings. The number of hydrogen-bond acceptors (Lipinski definition) is 4. The fraction of sp³-hybridized carbons (Fsp3) is 0.438. The highest BCUT2D eigenvalue weighted by molar-refractivity contribution is 7.89. The number of imidazole rings is 1. The molecule has 0 amide bonds. The van der Waals surface area contributed by atoms with Crippen LogP contribution in [-0.2, 0) is 10.0 Å². The monoisotopic (exact) mass is 368 g/mol. The Hall–Kier alpha value is -1.41. The molecule has 1 atom stereocenters. The molecule has 1 saturated heterocycles. The molecule has 0 radical (unpaired) electrons.